The number of carboxylic acids is 3. The molecule has 0 saturated heterocycles. The fraction of sp³-hybridized carbons (Fsp3) is 0.143. The number of hydrogen-bond acceptors (Lipinski definition) is 6. The van der Waals surface area contributed by atoms with Crippen LogP contribution in [0.5, 0.6) is 0 Å². The lowest BCUT2D eigenvalue weighted by molar-refractivity contribution is -0.175. The predicted molar refractivity (Wildman–Crippen MR) is 80.9 cm³/mol. The van der Waals surface area contributed by atoms with Gasteiger partial charge in [0.1, 0.15) is 0 Å². The lowest BCUT2D eigenvalue weighted by atomic mass is 9.83. The molecule has 1 heterocycles. The third kappa shape index (κ3) is 3.29. The van der Waals surface area contributed by atoms with Gasteiger partial charge in [-0.3, -0.25) is 14.4 Å². The Labute approximate surface area is 134 Å². The van der Waals surface area contributed by atoms with Crippen LogP contribution in [0.1, 0.15) is 5.69 Å². The summed E-state index contributed by atoms with van der Waals surface area (Å²) in [5, 5.41) is 32.0. The number of thiazole rings is 1. The molecule has 9 heteroatoms. The van der Waals surface area contributed by atoms with E-state index in [1.54, 1.807) is 24.3 Å². The van der Waals surface area contributed by atoms with Crippen LogP contribution in [0.3, 0.4) is 0 Å². The van der Waals surface area contributed by atoms with E-state index in [1.165, 1.54) is 5.38 Å². The number of para-hydroxylation sites is 1. The maximum absolute atomic E-state index is 11.2. The van der Waals surface area contributed by atoms with Crippen molar-refractivity contribution in [3.63, 3.8) is 0 Å². The van der Waals surface area contributed by atoms with Crippen LogP contribution in [0, 0.1) is 5.41 Å². The molecule has 2 rings (SSSR count). The van der Waals surface area contributed by atoms with E-state index < -0.39 is 29.7 Å². The van der Waals surface area contributed by atoms with Crippen LogP contribution >= 0.6 is 11.3 Å². The number of aromatic nitrogens is 1. The first-order chi connectivity index (χ1) is 10.9. The van der Waals surface area contributed by atoms with Gasteiger partial charge in [0, 0.05) is 17.5 Å². The Morgan fingerprint density at radius 3 is 2.13 bits per heavy atom. The minimum absolute atomic E-state index is 0.0700. The molecule has 8 nitrogen and oxygen atoms in total. The minimum Gasteiger partial charge on any atom is -0.480 e. The smallest absolute Gasteiger partial charge is 0.333 e. The third-order valence-corrected chi connectivity index (χ3v) is 3.92. The van der Waals surface area contributed by atoms with Crippen LogP contribution in [0.4, 0.5) is 10.8 Å². The summed E-state index contributed by atoms with van der Waals surface area (Å²) in [5.74, 6) is -5.82. The molecule has 0 bridgehead atoms. The summed E-state index contributed by atoms with van der Waals surface area (Å²) in [6.45, 7) is 0. The molecule has 1 aromatic carbocycles. The quantitative estimate of drug-likeness (QED) is 0.560. The zero-order valence-electron chi connectivity index (χ0n) is 11.6. The Hall–Kier alpha value is -2.94. The van der Waals surface area contributed by atoms with E-state index in [-0.39, 0.29) is 5.69 Å². The summed E-state index contributed by atoms with van der Waals surface area (Å²) in [7, 11) is 0. The van der Waals surface area contributed by atoms with Crippen molar-refractivity contribution in [2.45, 2.75) is 6.42 Å². The number of benzene rings is 1. The van der Waals surface area contributed by atoms with Crippen molar-refractivity contribution < 1.29 is 29.7 Å². The molecule has 120 valence electrons. The lowest BCUT2D eigenvalue weighted by Gasteiger charge is -2.18. The first-order valence-electron chi connectivity index (χ1n) is 6.33. The maximum Gasteiger partial charge on any atom is 0.333 e. The third-order valence-electron chi connectivity index (χ3n) is 3.12. The van der Waals surface area contributed by atoms with Crippen molar-refractivity contribution in [3.8, 4) is 0 Å². The van der Waals surface area contributed by atoms with Gasteiger partial charge in [0.25, 0.3) is 5.41 Å². The summed E-state index contributed by atoms with van der Waals surface area (Å²) >= 11 is 1.12. The Morgan fingerprint density at radius 2 is 1.61 bits per heavy atom. The first kappa shape index (κ1) is 16.4. The minimum atomic E-state index is -2.96. The second-order valence-electron chi connectivity index (χ2n) is 4.63. The van der Waals surface area contributed by atoms with Crippen molar-refractivity contribution in [2.24, 2.45) is 5.41 Å². The molecule has 0 aliphatic rings. The SMILES string of the molecule is O=C(O)C(Cc1csc(Nc2ccccc2)n1)(C(=O)O)C(=O)O. The van der Waals surface area contributed by atoms with Crippen molar-refractivity contribution >= 4 is 40.1 Å². The molecule has 0 atom stereocenters. The number of aliphatic carboxylic acids is 3. The summed E-state index contributed by atoms with van der Waals surface area (Å²) in [5.41, 5.74) is -2.15. The average Bonchev–Trinajstić information content (AvgIpc) is 2.91. The van der Waals surface area contributed by atoms with Crippen LogP contribution in [-0.4, -0.2) is 38.2 Å². The molecule has 1 aromatic heterocycles. The van der Waals surface area contributed by atoms with Crippen molar-refractivity contribution in [1.29, 1.82) is 0 Å². The van der Waals surface area contributed by atoms with E-state index in [1.807, 2.05) is 6.07 Å². The van der Waals surface area contributed by atoms with Crippen molar-refractivity contribution in [3.05, 3.63) is 41.4 Å². The highest BCUT2D eigenvalue weighted by Crippen LogP contribution is 2.28. The van der Waals surface area contributed by atoms with Gasteiger partial charge in [0.2, 0.25) is 0 Å². The van der Waals surface area contributed by atoms with E-state index in [4.69, 9.17) is 15.3 Å². The van der Waals surface area contributed by atoms with E-state index in [2.05, 4.69) is 10.3 Å². The number of carbonyl (C=O) groups is 3. The van der Waals surface area contributed by atoms with Crippen LogP contribution < -0.4 is 5.32 Å². The van der Waals surface area contributed by atoms with Gasteiger partial charge in [-0.05, 0) is 12.1 Å². The fourth-order valence-electron chi connectivity index (χ4n) is 1.86. The van der Waals surface area contributed by atoms with Gasteiger partial charge < -0.3 is 20.6 Å². The van der Waals surface area contributed by atoms with Gasteiger partial charge in [0.05, 0.1) is 5.69 Å². The molecule has 4 N–H and O–H groups in total. The first-order valence-corrected chi connectivity index (χ1v) is 7.21. The normalized spacial score (nSPS) is 11.0. The Kier molecular flexibility index (Phi) is 4.60. The van der Waals surface area contributed by atoms with Gasteiger partial charge in [-0.1, -0.05) is 18.2 Å². The van der Waals surface area contributed by atoms with Gasteiger partial charge in [0.15, 0.2) is 5.13 Å². The number of rotatable bonds is 7. The molecule has 0 saturated carbocycles. The molecule has 0 fully saturated rings. The standard InChI is InChI=1S/C14H12N2O6S/c17-10(18)14(11(19)20,12(21)22)6-9-7-23-13(16-9)15-8-4-2-1-3-5-8/h1-5,7H,6H2,(H,15,16)(H,17,18)(H,19,20)(H,21,22). The zero-order valence-corrected chi connectivity index (χ0v) is 12.4. The fourth-order valence-corrected chi connectivity index (χ4v) is 2.59. The van der Waals surface area contributed by atoms with Crippen LogP contribution in [-0.2, 0) is 20.8 Å². The average molecular weight is 336 g/mol. The van der Waals surface area contributed by atoms with Crippen LogP contribution in [0.2, 0.25) is 0 Å². The van der Waals surface area contributed by atoms with E-state index in [0.717, 1.165) is 17.0 Å². The van der Waals surface area contributed by atoms with E-state index >= 15 is 0 Å². The second kappa shape index (κ2) is 6.44. The molecule has 23 heavy (non-hydrogen) atoms. The van der Waals surface area contributed by atoms with Gasteiger partial charge in [-0.25, -0.2) is 4.98 Å². The Morgan fingerprint density at radius 1 is 1.04 bits per heavy atom. The highest BCUT2D eigenvalue weighted by molar-refractivity contribution is 7.13. The lowest BCUT2D eigenvalue weighted by Crippen LogP contribution is -2.48. The Bertz CT molecular complexity index is 707. The zero-order chi connectivity index (χ0) is 17.0. The largest absolute Gasteiger partial charge is 0.480 e. The molecular weight excluding hydrogens is 324 g/mol. The number of anilines is 2. The molecule has 0 aliphatic heterocycles. The molecule has 0 amide bonds. The number of nitrogens with one attached hydrogen (secondary N) is 1. The molecule has 0 spiro atoms. The highest BCUT2D eigenvalue weighted by atomic mass is 32.1. The van der Waals surface area contributed by atoms with Crippen molar-refractivity contribution in [1.82, 2.24) is 4.98 Å². The summed E-state index contributed by atoms with van der Waals surface area (Å²) in [6.07, 6.45) is -0.750. The summed E-state index contributed by atoms with van der Waals surface area (Å²) in [4.78, 5) is 37.7. The number of nitrogens with zero attached hydrogens (tertiary/aromatic N) is 1. The molecule has 0 unspecified atom stereocenters. The highest BCUT2D eigenvalue weighted by Gasteiger charge is 2.55. The summed E-state index contributed by atoms with van der Waals surface area (Å²) in [6, 6.07) is 9.02. The molecule has 2 aromatic rings. The van der Waals surface area contributed by atoms with Gasteiger partial charge in [-0.2, -0.15) is 0 Å². The molecular formula is C14H12N2O6S. The summed E-state index contributed by atoms with van der Waals surface area (Å²) < 4.78 is 0. The van der Waals surface area contributed by atoms with Crippen LogP contribution in [0.25, 0.3) is 0 Å². The number of hydrogen-bond donors (Lipinski definition) is 4. The van der Waals surface area contributed by atoms with Crippen molar-refractivity contribution in [2.75, 3.05) is 5.32 Å². The maximum atomic E-state index is 11.2. The monoisotopic (exact) mass is 336 g/mol. The predicted octanol–water partition coefficient (Wildman–Crippen LogP) is 1.67. The van der Waals surface area contributed by atoms with E-state index in [9.17, 15) is 14.4 Å². The van der Waals surface area contributed by atoms with Gasteiger partial charge >= 0.3 is 17.9 Å². The topological polar surface area (TPSA) is 137 Å². The van der Waals surface area contributed by atoms with Crippen LogP contribution in [0.15, 0.2) is 35.7 Å². The van der Waals surface area contributed by atoms with Gasteiger partial charge in [-0.15, -0.1) is 11.3 Å². The van der Waals surface area contributed by atoms with E-state index in [0.29, 0.717) is 5.13 Å². The Balaban J connectivity index is 2.24. The second-order valence-corrected chi connectivity index (χ2v) is 5.49. The molecule has 0 aliphatic carbocycles. The molecule has 0 radical (unpaired) electrons. The number of carboxylic acid groups (broad SMARTS) is 3.